The second-order valence-electron chi connectivity index (χ2n) is 5.88. The number of quaternary nitrogens is 1. The first-order chi connectivity index (χ1) is 12.5. The Morgan fingerprint density at radius 2 is 1.96 bits per heavy atom. The highest BCUT2D eigenvalue weighted by atomic mass is 35.5. The molecule has 0 radical (unpaired) electrons. The van der Waals surface area contributed by atoms with Gasteiger partial charge in [0.25, 0.3) is 5.56 Å². The number of rotatable bonds is 8. The molecule has 0 amide bonds. The zero-order chi connectivity index (χ0) is 19.1. The summed E-state index contributed by atoms with van der Waals surface area (Å²) in [7, 11) is 0. The van der Waals surface area contributed by atoms with E-state index in [4.69, 9.17) is 11.6 Å². The Balaban J connectivity index is 2.26. The van der Waals surface area contributed by atoms with Crippen molar-refractivity contribution >= 4 is 17.8 Å². The van der Waals surface area contributed by atoms with Crippen molar-refractivity contribution in [2.45, 2.75) is 20.3 Å². The van der Waals surface area contributed by atoms with E-state index >= 15 is 0 Å². The molecule has 0 atom stereocenters. The van der Waals surface area contributed by atoms with Crippen molar-refractivity contribution in [3.63, 3.8) is 0 Å². The van der Waals surface area contributed by atoms with Crippen LogP contribution in [-0.4, -0.2) is 47.1 Å². The Morgan fingerprint density at radius 3 is 2.62 bits per heavy atom. The zero-order valence-corrected chi connectivity index (χ0v) is 15.7. The first-order valence-corrected chi connectivity index (χ1v) is 9.03. The summed E-state index contributed by atoms with van der Waals surface area (Å²) in [6, 6.07) is 6.56. The predicted molar refractivity (Wildman–Crippen MR) is 103 cm³/mol. The van der Waals surface area contributed by atoms with Crippen molar-refractivity contribution in [3.05, 3.63) is 55.7 Å². The highest BCUT2D eigenvalue weighted by Crippen LogP contribution is 2.22. The van der Waals surface area contributed by atoms with Gasteiger partial charge in [-0.05, 0) is 26.0 Å². The van der Waals surface area contributed by atoms with E-state index in [1.54, 1.807) is 24.3 Å². The summed E-state index contributed by atoms with van der Waals surface area (Å²) in [6.07, 6.45) is 2.18. The normalized spacial score (nSPS) is 11.5. The van der Waals surface area contributed by atoms with Crippen LogP contribution in [0.25, 0.3) is 5.69 Å². The van der Waals surface area contributed by atoms with E-state index in [1.807, 2.05) is 0 Å². The monoisotopic (exact) mass is 379 g/mol. The lowest BCUT2D eigenvalue weighted by Crippen LogP contribution is -3.11. The van der Waals surface area contributed by atoms with Crippen LogP contribution in [-0.2, 0) is 0 Å². The number of hydrogen-bond donors (Lipinski definition) is 3. The predicted octanol–water partition coefficient (Wildman–Crippen LogP) is 0.618. The average Bonchev–Trinajstić information content (AvgIpc) is 2.62. The molecule has 1 aromatic carbocycles. The van der Waals surface area contributed by atoms with Crippen LogP contribution in [0.15, 0.2) is 38.8 Å². The van der Waals surface area contributed by atoms with E-state index in [1.165, 1.54) is 11.1 Å². The van der Waals surface area contributed by atoms with Crippen molar-refractivity contribution < 1.29 is 10.0 Å². The Bertz CT molecular complexity index is 885. The lowest BCUT2D eigenvalue weighted by Gasteiger charge is -2.14. The van der Waals surface area contributed by atoms with Crippen molar-refractivity contribution in [2.24, 2.45) is 4.99 Å². The third kappa shape index (κ3) is 4.62. The molecule has 0 aliphatic carbocycles. The lowest BCUT2D eigenvalue weighted by molar-refractivity contribution is -0.896. The van der Waals surface area contributed by atoms with Crippen LogP contribution in [0, 0.1) is 0 Å². The van der Waals surface area contributed by atoms with E-state index < -0.39 is 17.1 Å². The summed E-state index contributed by atoms with van der Waals surface area (Å²) in [5, 5.41) is 10.7. The van der Waals surface area contributed by atoms with Crippen LogP contribution in [0.2, 0.25) is 5.02 Å². The first kappa shape index (κ1) is 19.9. The summed E-state index contributed by atoms with van der Waals surface area (Å²) in [5.74, 6) is -0.482. The number of aliphatic imine (C=N–C) groups is 1. The van der Waals surface area contributed by atoms with Crippen LogP contribution in [0.5, 0.6) is 5.88 Å². The largest absolute Gasteiger partial charge is 0.493 e. The molecule has 0 bridgehead atoms. The molecular weight excluding hydrogens is 356 g/mol. The molecular formula is C18H24ClN4O3+. The molecule has 7 nitrogen and oxygen atoms in total. The molecule has 0 fully saturated rings. The van der Waals surface area contributed by atoms with Crippen molar-refractivity contribution in [1.29, 1.82) is 0 Å². The molecule has 140 valence electrons. The highest BCUT2D eigenvalue weighted by Gasteiger charge is 2.15. The van der Waals surface area contributed by atoms with Gasteiger partial charge in [-0.1, -0.05) is 23.7 Å². The first-order valence-electron chi connectivity index (χ1n) is 8.66. The quantitative estimate of drug-likeness (QED) is 0.463. The van der Waals surface area contributed by atoms with E-state index in [9.17, 15) is 14.7 Å². The molecule has 2 rings (SSSR count). The molecule has 0 unspecified atom stereocenters. The SMILES string of the molecule is CC[NH+](CC)CCCN=Cc1c(O)n(-c2ccccc2Cl)c(=O)[nH]c1=O. The Hall–Kier alpha value is -2.38. The van der Waals surface area contributed by atoms with Gasteiger partial charge in [0.1, 0.15) is 5.56 Å². The van der Waals surface area contributed by atoms with Gasteiger partial charge in [0.2, 0.25) is 5.88 Å². The fourth-order valence-corrected chi connectivity index (χ4v) is 2.91. The van der Waals surface area contributed by atoms with E-state index in [2.05, 4.69) is 23.8 Å². The Labute approximate surface area is 156 Å². The summed E-state index contributed by atoms with van der Waals surface area (Å²) >= 11 is 6.10. The minimum absolute atomic E-state index is 0.0697. The number of H-pyrrole nitrogens is 1. The number of hydrogen-bond acceptors (Lipinski definition) is 4. The summed E-state index contributed by atoms with van der Waals surface area (Å²) in [6.45, 7) is 7.92. The topological polar surface area (TPSA) is 91.9 Å². The van der Waals surface area contributed by atoms with Gasteiger partial charge in [-0.25, -0.2) is 9.36 Å². The summed E-state index contributed by atoms with van der Waals surface area (Å²) in [5.41, 5.74) is -1.23. The van der Waals surface area contributed by atoms with Crippen molar-refractivity contribution in [2.75, 3.05) is 26.2 Å². The van der Waals surface area contributed by atoms with Crippen LogP contribution < -0.4 is 16.1 Å². The van der Waals surface area contributed by atoms with Crippen LogP contribution in [0.4, 0.5) is 0 Å². The van der Waals surface area contributed by atoms with Crippen molar-refractivity contribution in [3.8, 4) is 11.6 Å². The number of nitrogens with zero attached hydrogens (tertiary/aromatic N) is 2. The molecule has 0 aliphatic heterocycles. The molecule has 1 heterocycles. The van der Waals surface area contributed by atoms with Gasteiger partial charge in [-0.15, -0.1) is 0 Å². The van der Waals surface area contributed by atoms with Gasteiger partial charge >= 0.3 is 5.69 Å². The Kier molecular flexibility index (Phi) is 7.17. The lowest BCUT2D eigenvalue weighted by atomic mass is 10.3. The summed E-state index contributed by atoms with van der Waals surface area (Å²) in [4.78, 5) is 32.1. The number of aromatic amines is 1. The molecule has 0 spiro atoms. The van der Waals surface area contributed by atoms with Gasteiger partial charge < -0.3 is 10.0 Å². The fourth-order valence-electron chi connectivity index (χ4n) is 2.69. The highest BCUT2D eigenvalue weighted by molar-refractivity contribution is 6.32. The fraction of sp³-hybridized carbons (Fsp3) is 0.389. The standard InChI is InChI=1S/C18H23ClN4O3/c1-3-22(4-2)11-7-10-20-12-13-16(24)21-18(26)23(17(13)25)15-9-6-5-8-14(15)19/h5-6,8-9,12,25H,3-4,7,10-11H2,1-2H3,(H,21,24,26)/p+1. The smallest absolute Gasteiger partial charge is 0.335 e. The number of aromatic nitrogens is 2. The van der Waals surface area contributed by atoms with E-state index in [0.717, 1.165) is 30.6 Å². The van der Waals surface area contributed by atoms with Gasteiger partial charge in [0.15, 0.2) is 0 Å². The molecule has 26 heavy (non-hydrogen) atoms. The third-order valence-electron chi connectivity index (χ3n) is 4.25. The number of aromatic hydroxyl groups is 1. The van der Waals surface area contributed by atoms with E-state index in [-0.39, 0.29) is 16.3 Å². The van der Waals surface area contributed by atoms with Crippen LogP contribution in [0.1, 0.15) is 25.8 Å². The average molecular weight is 380 g/mol. The molecule has 1 aromatic heterocycles. The number of para-hydroxylation sites is 1. The van der Waals surface area contributed by atoms with Gasteiger partial charge in [-0.2, -0.15) is 0 Å². The number of nitrogens with one attached hydrogen (secondary N) is 2. The minimum atomic E-state index is -0.761. The molecule has 0 aliphatic rings. The van der Waals surface area contributed by atoms with Gasteiger partial charge in [0, 0.05) is 19.2 Å². The van der Waals surface area contributed by atoms with Crippen LogP contribution >= 0.6 is 11.6 Å². The van der Waals surface area contributed by atoms with Gasteiger partial charge in [0.05, 0.1) is 30.3 Å². The van der Waals surface area contributed by atoms with Crippen LogP contribution in [0.3, 0.4) is 0 Å². The summed E-state index contributed by atoms with van der Waals surface area (Å²) < 4.78 is 0.963. The molecule has 0 saturated heterocycles. The maximum Gasteiger partial charge on any atom is 0.335 e. The second-order valence-corrected chi connectivity index (χ2v) is 6.29. The third-order valence-corrected chi connectivity index (χ3v) is 4.57. The molecule has 8 heteroatoms. The van der Waals surface area contributed by atoms with Crippen molar-refractivity contribution in [1.82, 2.24) is 9.55 Å². The van der Waals surface area contributed by atoms with Gasteiger partial charge in [-0.3, -0.25) is 14.8 Å². The Morgan fingerprint density at radius 1 is 1.27 bits per heavy atom. The zero-order valence-electron chi connectivity index (χ0n) is 15.0. The molecule has 0 saturated carbocycles. The maximum atomic E-state index is 12.1. The molecule has 2 aromatic rings. The molecule has 3 N–H and O–H groups in total. The van der Waals surface area contributed by atoms with E-state index in [0.29, 0.717) is 6.54 Å². The number of halogens is 1. The minimum Gasteiger partial charge on any atom is -0.493 e. The maximum absolute atomic E-state index is 12.1. The second kappa shape index (κ2) is 9.35. The number of benzene rings is 1.